The van der Waals surface area contributed by atoms with Crippen molar-refractivity contribution in [3.05, 3.63) is 106 Å². The van der Waals surface area contributed by atoms with E-state index in [0.717, 1.165) is 61.3 Å². The predicted octanol–water partition coefficient (Wildman–Crippen LogP) is 7.89. The number of likely N-dealkylation sites (N-methyl/N-ethyl adjacent to an activating group) is 1. The van der Waals surface area contributed by atoms with Crippen molar-refractivity contribution >= 4 is 34.9 Å². The molecule has 9 heteroatoms. The van der Waals surface area contributed by atoms with Crippen LogP contribution in [0.5, 0.6) is 17.2 Å². The smallest absolute Gasteiger partial charge is 0.341 e. The summed E-state index contributed by atoms with van der Waals surface area (Å²) in [5, 5.41) is 1.28. The number of nitrogens with zero attached hydrogens (tertiary/aromatic N) is 3. The van der Waals surface area contributed by atoms with Crippen molar-refractivity contribution < 1.29 is 19.0 Å². The average Bonchev–Trinajstić information content (AvgIpc) is 3.02. The Hall–Kier alpha value is -3.75. The number of carbonyl (C=O) groups is 1. The van der Waals surface area contributed by atoms with Gasteiger partial charge in [0.15, 0.2) is 0 Å². The summed E-state index contributed by atoms with van der Waals surface area (Å²) in [6, 6.07) is 27.1. The topological polar surface area (TPSA) is 54.5 Å². The highest BCUT2D eigenvalue weighted by Gasteiger charge is 2.22. The maximum absolute atomic E-state index is 12.7. The molecule has 1 saturated heterocycles. The standard InChI is InChI=1S/C36H39Cl2N3O4/c1-4-43-36(42)34-14-12-30(24-35(34)45-32-7-5-6-29(38)23-32)41-18-16-40(17-19-41)25-27-22-31(44-21-20-39(2)3)13-15-33(27)26-8-10-28(37)11-9-26/h5-15,22-24H,4,16-21,25H2,1-3H3. The van der Waals surface area contributed by atoms with Gasteiger partial charge in [0.2, 0.25) is 0 Å². The molecule has 1 fully saturated rings. The van der Waals surface area contributed by atoms with Crippen molar-refractivity contribution in [2.45, 2.75) is 13.5 Å². The van der Waals surface area contributed by atoms with Crippen LogP contribution in [0.4, 0.5) is 5.69 Å². The van der Waals surface area contributed by atoms with Gasteiger partial charge in [-0.25, -0.2) is 4.79 Å². The number of rotatable bonds is 12. The van der Waals surface area contributed by atoms with E-state index in [4.69, 9.17) is 37.4 Å². The van der Waals surface area contributed by atoms with Gasteiger partial charge in [0.1, 0.15) is 29.4 Å². The molecule has 5 rings (SSSR count). The first-order valence-electron chi connectivity index (χ1n) is 15.2. The SMILES string of the molecule is CCOC(=O)c1ccc(N2CCN(Cc3cc(OCCN(C)C)ccc3-c3ccc(Cl)cc3)CC2)cc1Oc1cccc(Cl)c1. The van der Waals surface area contributed by atoms with Gasteiger partial charge in [-0.3, -0.25) is 4.90 Å². The minimum atomic E-state index is -0.421. The molecule has 1 heterocycles. The van der Waals surface area contributed by atoms with Crippen LogP contribution in [0.3, 0.4) is 0 Å². The number of halogens is 2. The molecule has 1 aliphatic heterocycles. The Kier molecular flexibility index (Phi) is 11.2. The first kappa shape index (κ1) is 32.6. The summed E-state index contributed by atoms with van der Waals surface area (Å²) in [5.74, 6) is 1.45. The van der Waals surface area contributed by atoms with Crippen LogP contribution < -0.4 is 14.4 Å². The molecule has 0 unspecified atom stereocenters. The second kappa shape index (κ2) is 15.5. The van der Waals surface area contributed by atoms with E-state index in [2.05, 4.69) is 39.0 Å². The van der Waals surface area contributed by atoms with E-state index in [-0.39, 0.29) is 6.61 Å². The van der Waals surface area contributed by atoms with E-state index in [9.17, 15) is 4.79 Å². The van der Waals surface area contributed by atoms with Crippen molar-refractivity contribution in [3.8, 4) is 28.4 Å². The van der Waals surface area contributed by atoms with Crippen LogP contribution in [0.1, 0.15) is 22.8 Å². The molecule has 0 N–H and O–H groups in total. The van der Waals surface area contributed by atoms with E-state index >= 15 is 0 Å². The Labute approximate surface area is 275 Å². The third-order valence-corrected chi connectivity index (χ3v) is 8.14. The van der Waals surface area contributed by atoms with E-state index in [1.807, 2.05) is 56.6 Å². The van der Waals surface area contributed by atoms with Crippen LogP contribution in [0.15, 0.2) is 84.9 Å². The number of piperazine rings is 1. The number of esters is 1. The number of ether oxygens (including phenoxy) is 3. The molecule has 0 amide bonds. The molecule has 45 heavy (non-hydrogen) atoms. The predicted molar refractivity (Wildman–Crippen MR) is 182 cm³/mol. The van der Waals surface area contributed by atoms with E-state index in [1.54, 1.807) is 25.1 Å². The number of carbonyl (C=O) groups excluding carboxylic acids is 1. The lowest BCUT2D eigenvalue weighted by Gasteiger charge is -2.36. The van der Waals surface area contributed by atoms with Gasteiger partial charge in [0, 0.05) is 61.1 Å². The molecule has 0 radical (unpaired) electrons. The molecule has 0 aliphatic carbocycles. The molecule has 7 nitrogen and oxygen atoms in total. The molecule has 0 atom stereocenters. The molecule has 4 aromatic rings. The van der Waals surface area contributed by atoms with Gasteiger partial charge < -0.3 is 24.0 Å². The Morgan fingerprint density at radius 1 is 0.844 bits per heavy atom. The summed E-state index contributed by atoms with van der Waals surface area (Å²) in [7, 11) is 4.08. The minimum Gasteiger partial charge on any atom is -0.492 e. The lowest BCUT2D eigenvalue weighted by atomic mass is 9.98. The molecular formula is C36H39Cl2N3O4. The second-order valence-electron chi connectivity index (χ2n) is 11.2. The molecule has 0 bridgehead atoms. The number of anilines is 1. The van der Waals surface area contributed by atoms with Crippen LogP contribution in [0, 0.1) is 0 Å². The van der Waals surface area contributed by atoms with Gasteiger partial charge in [-0.15, -0.1) is 0 Å². The lowest BCUT2D eigenvalue weighted by molar-refractivity contribution is 0.0523. The molecule has 0 spiro atoms. The highest BCUT2D eigenvalue weighted by atomic mass is 35.5. The van der Waals surface area contributed by atoms with E-state index in [1.165, 1.54) is 11.1 Å². The fraction of sp³-hybridized carbons (Fsp3) is 0.306. The van der Waals surface area contributed by atoms with Crippen molar-refractivity contribution in [1.82, 2.24) is 9.80 Å². The second-order valence-corrected chi connectivity index (χ2v) is 12.1. The monoisotopic (exact) mass is 647 g/mol. The van der Waals surface area contributed by atoms with Crippen LogP contribution in [0.25, 0.3) is 11.1 Å². The molecule has 4 aromatic carbocycles. The maximum atomic E-state index is 12.7. The highest BCUT2D eigenvalue weighted by molar-refractivity contribution is 6.31. The number of hydrogen-bond acceptors (Lipinski definition) is 7. The Morgan fingerprint density at radius 2 is 1.62 bits per heavy atom. The van der Waals surface area contributed by atoms with Crippen molar-refractivity contribution in [3.63, 3.8) is 0 Å². The number of hydrogen-bond donors (Lipinski definition) is 0. The van der Waals surface area contributed by atoms with Gasteiger partial charge in [-0.2, -0.15) is 0 Å². The van der Waals surface area contributed by atoms with Crippen LogP contribution in [-0.2, 0) is 11.3 Å². The van der Waals surface area contributed by atoms with Crippen molar-refractivity contribution in [2.24, 2.45) is 0 Å². The summed E-state index contributed by atoms with van der Waals surface area (Å²) in [4.78, 5) is 19.6. The van der Waals surface area contributed by atoms with Gasteiger partial charge in [-0.1, -0.05) is 47.5 Å². The van der Waals surface area contributed by atoms with Crippen molar-refractivity contribution in [2.75, 3.05) is 64.9 Å². The highest BCUT2D eigenvalue weighted by Crippen LogP contribution is 2.33. The molecule has 236 valence electrons. The summed E-state index contributed by atoms with van der Waals surface area (Å²) >= 11 is 12.4. The molecule has 1 aliphatic rings. The molecule has 0 aromatic heterocycles. The van der Waals surface area contributed by atoms with Gasteiger partial charge >= 0.3 is 5.97 Å². The van der Waals surface area contributed by atoms with Crippen molar-refractivity contribution in [1.29, 1.82) is 0 Å². The fourth-order valence-electron chi connectivity index (χ4n) is 5.28. The summed E-state index contributed by atoms with van der Waals surface area (Å²) in [5.41, 5.74) is 4.87. The number of benzene rings is 4. The summed E-state index contributed by atoms with van der Waals surface area (Å²) in [6.45, 7) is 7.73. The Balaban J connectivity index is 1.31. The third-order valence-electron chi connectivity index (χ3n) is 7.65. The van der Waals surface area contributed by atoms with Gasteiger partial charge in [0.05, 0.1) is 6.61 Å². The Bertz CT molecular complexity index is 1590. The minimum absolute atomic E-state index is 0.282. The van der Waals surface area contributed by atoms with Gasteiger partial charge in [0.25, 0.3) is 0 Å². The van der Waals surface area contributed by atoms with E-state index < -0.39 is 5.97 Å². The summed E-state index contributed by atoms with van der Waals surface area (Å²) in [6.07, 6.45) is 0. The fourth-order valence-corrected chi connectivity index (χ4v) is 5.59. The normalized spacial score (nSPS) is 13.6. The average molecular weight is 649 g/mol. The summed E-state index contributed by atoms with van der Waals surface area (Å²) < 4.78 is 17.5. The Morgan fingerprint density at radius 3 is 2.33 bits per heavy atom. The zero-order valence-corrected chi connectivity index (χ0v) is 27.5. The first-order valence-corrected chi connectivity index (χ1v) is 15.9. The zero-order valence-electron chi connectivity index (χ0n) is 26.0. The van der Waals surface area contributed by atoms with Crippen LogP contribution >= 0.6 is 23.2 Å². The lowest BCUT2D eigenvalue weighted by Crippen LogP contribution is -2.46. The first-order chi connectivity index (χ1) is 21.8. The van der Waals surface area contributed by atoms with Crippen LogP contribution in [0.2, 0.25) is 10.0 Å². The quantitative estimate of drug-likeness (QED) is 0.145. The molecular weight excluding hydrogens is 609 g/mol. The maximum Gasteiger partial charge on any atom is 0.341 e. The molecule has 0 saturated carbocycles. The zero-order chi connectivity index (χ0) is 31.8. The van der Waals surface area contributed by atoms with Crippen LogP contribution in [-0.4, -0.2) is 75.8 Å². The third kappa shape index (κ3) is 8.92. The van der Waals surface area contributed by atoms with E-state index in [0.29, 0.717) is 28.7 Å². The largest absolute Gasteiger partial charge is 0.492 e. The van der Waals surface area contributed by atoms with Gasteiger partial charge in [-0.05, 0) is 92.3 Å².